The van der Waals surface area contributed by atoms with Crippen molar-refractivity contribution in [2.24, 2.45) is 0 Å². The second kappa shape index (κ2) is 6.00. The van der Waals surface area contributed by atoms with E-state index in [9.17, 15) is 9.36 Å². The van der Waals surface area contributed by atoms with E-state index in [1.807, 2.05) is 0 Å². The van der Waals surface area contributed by atoms with E-state index in [0.29, 0.717) is 5.75 Å². The van der Waals surface area contributed by atoms with Crippen LogP contribution in [0.5, 0.6) is 5.75 Å². The molecule has 0 aliphatic heterocycles. The van der Waals surface area contributed by atoms with Gasteiger partial charge in [-0.15, -0.1) is 0 Å². The SMILES string of the molecule is COc1ccc(C(=O)OP(=O)(OC)N(C)C)cc1. The van der Waals surface area contributed by atoms with Gasteiger partial charge in [0.05, 0.1) is 12.7 Å². The van der Waals surface area contributed by atoms with Crippen LogP contribution in [0.2, 0.25) is 0 Å². The fourth-order valence-electron chi connectivity index (χ4n) is 1.17. The molecule has 0 radical (unpaired) electrons. The van der Waals surface area contributed by atoms with E-state index in [1.54, 1.807) is 12.1 Å². The molecule has 0 amide bonds. The molecule has 1 aromatic rings. The van der Waals surface area contributed by atoms with Gasteiger partial charge >= 0.3 is 13.7 Å². The summed E-state index contributed by atoms with van der Waals surface area (Å²) in [5.74, 6) is -0.0920. The predicted octanol–water partition coefficient (Wildman–Crippen LogP) is 2.17. The summed E-state index contributed by atoms with van der Waals surface area (Å²) in [7, 11) is 2.20. The molecule has 0 bridgehead atoms. The maximum atomic E-state index is 12.0. The van der Waals surface area contributed by atoms with E-state index >= 15 is 0 Å². The Morgan fingerprint density at radius 3 is 2.11 bits per heavy atom. The van der Waals surface area contributed by atoms with Crippen LogP contribution in [0.25, 0.3) is 0 Å². The molecule has 0 N–H and O–H groups in total. The summed E-state index contributed by atoms with van der Waals surface area (Å²) in [6, 6.07) is 6.28. The van der Waals surface area contributed by atoms with Crippen LogP contribution in [-0.4, -0.2) is 39.0 Å². The maximum Gasteiger partial charge on any atom is 0.462 e. The minimum Gasteiger partial charge on any atom is -0.497 e. The van der Waals surface area contributed by atoms with Crippen LogP contribution < -0.4 is 4.74 Å². The minimum absolute atomic E-state index is 0.273. The van der Waals surface area contributed by atoms with E-state index in [2.05, 4.69) is 0 Å². The average Bonchev–Trinajstić information content (AvgIpc) is 2.38. The summed E-state index contributed by atoms with van der Waals surface area (Å²) in [6.45, 7) is 0. The molecule has 100 valence electrons. The molecule has 6 nitrogen and oxygen atoms in total. The van der Waals surface area contributed by atoms with Crippen LogP contribution in [-0.2, 0) is 13.6 Å². The first-order valence-electron chi connectivity index (χ1n) is 5.14. The van der Waals surface area contributed by atoms with Crippen molar-refractivity contribution in [3.8, 4) is 5.75 Å². The largest absolute Gasteiger partial charge is 0.497 e. The fraction of sp³-hybridized carbons (Fsp3) is 0.364. The number of carbonyl (C=O) groups is 1. The minimum atomic E-state index is -3.56. The molecule has 1 unspecified atom stereocenters. The standard InChI is InChI=1S/C11H16NO5P/c1-12(2)18(14,16-4)17-11(13)9-5-7-10(15-3)8-6-9/h5-8H,1-4H3. The Hall–Kier alpha value is -1.36. The molecule has 0 spiro atoms. The molecular formula is C11H16NO5P. The zero-order valence-electron chi connectivity index (χ0n) is 10.7. The van der Waals surface area contributed by atoms with Crippen LogP contribution in [0.1, 0.15) is 10.4 Å². The van der Waals surface area contributed by atoms with Gasteiger partial charge in [0.15, 0.2) is 0 Å². The van der Waals surface area contributed by atoms with Gasteiger partial charge in [0.2, 0.25) is 0 Å². The molecule has 1 rings (SSSR count). The molecular weight excluding hydrogens is 257 g/mol. The second-order valence-corrected chi connectivity index (χ2v) is 5.89. The molecule has 0 heterocycles. The van der Waals surface area contributed by atoms with E-state index in [4.69, 9.17) is 13.8 Å². The lowest BCUT2D eigenvalue weighted by atomic mass is 10.2. The van der Waals surface area contributed by atoms with E-state index in [0.717, 1.165) is 0 Å². The number of methoxy groups -OCH3 is 1. The number of rotatable bonds is 5. The van der Waals surface area contributed by atoms with Crippen LogP contribution in [0.3, 0.4) is 0 Å². The third-order valence-corrected chi connectivity index (χ3v) is 4.08. The van der Waals surface area contributed by atoms with Gasteiger partial charge in [-0.3, -0.25) is 4.52 Å². The highest BCUT2D eigenvalue weighted by molar-refractivity contribution is 7.51. The monoisotopic (exact) mass is 273 g/mol. The Morgan fingerprint density at radius 2 is 1.72 bits per heavy atom. The zero-order valence-corrected chi connectivity index (χ0v) is 11.6. The Bertz CT molecular complexity index is 457. The van der Waals surface area contributed by atoms with Crippen LogP contribution in [0.15, 0.2) is 24.3 Å². The molecule has 7 heteroatoms. The normalized spacial score (nSPS) is 14.1. The number of benzene rings is 1. The van der Waals surface area contributed by atoms with E-state index in [-0.39, 0.29) is 5.56 Å². The van der Waals surface area contributed by atoms with E-state index < -0.39 is 13.7 Å². The van der Waals surface area contributed by atoms with Crippen LogP contribution in [0, 0.1) is 0 Å². The topological polar surface area (TPSA) is 65.1 Å². The smallest absolute Gasteiger partial charge is 0.462 e. The third kappa shape index (κ3) is 3.32. The van der Waals surface area contributed by atoms with Crippen LogP contribution >= 0.6 is 7.75 Å². The Balaban J connectivity index is 2.84. The molecule has 18 heavy (non-hydrogen) atoms. The Morgan fingerprint density at radius 1 is 1.17 bits per heavy atom. The van der Waals surface area contributed by atoms with E-state index in [1.165, 1.54) is 45.1 Å². The lowest BCUT2D eigenvalue weighted by molar-refractivity contribution is 0.0682. The molecule has 0 saturated carbocycles. The number of ether oxygens (including phenoxy) is 1. The number of hydrogen-bond donors (Lipinski definition) is 0. The van der Waals surface area contributed by atoms with Gasteiger partial charge in [-0.2, -0.15) is 0 Å². The Labute approximate surface area is 106 Å². The second-order valence-electron chi connectivity index (χ2n) is 3.61. The van der Waals surface area contributed by atoms with Crippen molar-refractivity contribution in [2.45, 2.75) is 0 Å². The Kier molecular flexibility index (Phi) is 4.90. The summed E-state index contributed by atoms with van der Waals surface area (Å²) in [5, 5.41) is 0. The summed E-state index contributed by atoms with van der Waals surface area (Å²) in [4.78, 5) is 11.8. The highest BCUT2D eigenvalue weighted by Crippen LogP contribution is 2.49. The van der Waals surface area contributed by atoms with Gasteiger partial charge in [-0.25, -0.2) is 14.0 Å². The molecule has 0 fully saturated rings. The molecule has 0 aromatic heterocycles. The van der Waals surface area contributed by atoms with Crippen molar-refractivity contribution in [1.29, 1.82) is 0 Å². The molecule has 1 aromatic carbocycles. The molecule has 1 atom stereocenters. The van der Waals surface area contributed by atoms with Gasteiger partial charge in [0, 0.05) is 7.11 Å². The summed E-state index contributed by atoms with van der Waals surface area (Å²) < 4.78 is 27.9. The lowest BCUT2D eigenvalue weighted by Gasteiger charge is -2.21. The highest BCUT2D eigenvalue weighted by Gasteiger charge is 2.31. The van der Waals surface area contributed by atoms with Crippen molar-refractivity contribution in [2.75, 3.05) is 28.3 Å². The van der Waals surface area contributed by atoms with Gasteiger partial charge in [0.1, 0.15) is 5.75 Å². The summed E-state index contributed by atoms with van der Waals surface area (Å²) >= 11 is 0. The van der Waals surface area contributed by atoms with Crippen molar-refractivity contribution in [1.82, 2.24) is 4.67 Å². The first-order chi connectivity index (χ1) is 8.42. The van der Waals surface area contributed by atoms with Crippen molar-refractivity contribution < 1.29 is 23.1 Å². The van der Waals surface area contributed by atoms with Gasteiger partial charge < -0.3 is 9.26 Å². The summed E-state index contributed by atoms with van der Waals surface area (Å²) in [5.41, 5.74) is 0.273. The molecule has 0 aliphatic carbocycles. The number of hydrogen-bond acceptors (Lipinski definition) is 5. The number of nitrogens with zero attached hydrogens (tertiary/aromatic N) is 1. The van der Waals surface area contributed by atoms with Gasteiger partial charge in [0.25, 0.3) is 0 Å². The lowest BCUT2D eigenvalue weighted by Crippen LogP contribution is -2.15. The quantitative estimate of drug-likeness (QED) is 0.766. The van der Waals surface area contributed by atoms with Crippen molar-refractivity contribution in [3.05, 3.63) is 29.8 Å². The highest BCUT2D eigenvalue weighted by atomic mass is 31.2. The average molecular weight is 273 g/mol. The molecule has 0 saturated heterocycles. The van der Waals surface area contributed by atoms with Crippen LogP contribution in [0.4, 0.5) is 0 Å². The predicted molar refractivity (Wildman–Crippen MR) is 66.7 cm³/mol. The van der Waals surface area contributed by atoms with Gasteiger partial charge in [-0.05, 0) is 38.4 Å². The third-order valence-electron chi connectivity index (χ3n) is 2.24. The molecule has 0 aliphatic rings. The number of carbonyl (C=O) groups excluding carboxylic acids is 1. The van der Waals surface area contributed by atoms with Crippen molar-refractivity contribution >= 4 is 13.7 Å². The zero-order chi connectivity index (χ0) is 13.8. The fourth-order valence-corrected chi connectivity index (χ4v) is 2.05. The van der Waals surface area contributed by atoms with Crippen molar-refractivity contribution in [3.63, 3.8) is 0 Å². The first kappa shape index (κ1) is 14.7. The summed E-state index contributed by atoms with van der Waals surface area (Å²) in [6.07, 6.45) is 0. The van der Waals surface area contributed by atoms with Gasteiger partial charge in [-0.1, -0.05) is 0 Å². The maximum absolute atomic E-state index is 12.0. The first-order valence-corrected chi connectivity index (χ1v) is 6.64.